The molecule has 6 heteroatoms. The van der Waals surface area contributed by atoms with E-state index in [2.05, 4.69) is 21.6 Å². The lowest BCUT2D eigenvalue weighted by Gasteiger charge is -2.18. The maximum atomic E-state index is 5.56. The quantitative estimate of drug-likeness (QED) is 0.834. The molecule has 1 aliphatic rings. The molecule has 0 spiro atoms. The molecule has 3 rings (SSSR count). The van der Waals surface area contributed by atoms with Crippen molar-refractivity contribution in [1.82, 2.24) is 15.5 Å². The van der Waals surface area contributed by atoms with Crippen molar-refractivity contribution in [2.24, 2.45) is 0 Å². The van der Waals surface area contributed by atoms with Gasteiger partial charge in [-0.1, -0.05) is 6.07 Å². The van der Waals surface area contributed by atoms with E-state index in [9.17, 15) is 0 Å². The van der Waals surface area contributed by atoms with E-state index in [1.165, 1.54) is 5.56 Å². The molecule has 1 N–H and O–H groups in total. The first-order valence-electron chi connectivity index (χ1n) is 6.69. The van der Waals surface area contributed by atoms with E-state index in [0.717, 1.165) is 24.5 Å². The summed E-state index contributed by atoms with van der Waals surface area (Å²) in [6, 6.07) is 6.06. The van der Waals surface area contributed by atoms with Crippen LogP contribution in [0.25, 0.3) is 0 Å². The second-order valence-corrected chi connectivity index (χ2v) is 4.62. The van der Waals surface area contributed by atoms with E-state index in [4.69, 9.17) is 13.9 Å². The van der Waals surface area contributed by atoms with Gasteiger partial charge in [-0.2, -0.15) is 0 Å². The highest BCUT2D eigenvalue weighted by atomic mass is 16.6. The molecule has 0 fully saturated rings. The Hall–Kier alpha value is -2.08. The summed E-state index contributed by atoms with van der Waals surface area (Å²) >= 11 is 0. The molecule has 0 amide bonds. The van der Waals surface area contributed by atoms with Crippen LogP contribution < -0.4 is 14.8 Å². The Labute approximate surface area is 117 Å². The van der Waals surface area contributed by atoms with E-state index in [1.807, 2.05) is 12.1 Å². The molecule has 0 bridgehead atoms. The predicted molar refractivity (Wildman–Crippen MR) is 71.9 cm³/mol. The minimum Gasteiger partial charge on any atom is -0.486 e. The third-order valence-corrected chi connectivity index (χ3v) is 3.04. The molecular weight excluding hydrogens is 258 g/mol. The van der Waals surface area contributed by atoms with Gasteiger partial charge >= 0.3 is 0 Å². The standard InChI is InChI=1S/C14H17N3O3/c1-10-16-17-14(20-10)9-15-5-4-11-2-3-12-13(8-11)19-7-6-18-12/h2-3,8,15H,4-7,9H2,1H3. The number of nitrogens with one attached hydrogen (secondary N) is 1. The average molecular weight is 275 g/mol. The minimum atomic E-state index is 0.589. The number of hydrogen-bond acceptors (Lipinski definition) is 6. The highest BCUT2D eigenvalue weighted by Crippen LogP contribution is 2.30. The number of fused-ring (bicyclic) bond motifs is 1. The Bertz CT molecular complexity index is 583. The molecule has 2 aromatic rings. The lowest BCUT2D eigenvalue weighted by molar-refractivity contribution is 0.171. The molecule has 1 aliphatic heterocycles. The molecule has 20 heavy (non-hydrogen) atoms. The summed E-state index contributed by atoms with van der Waals surface area (Å²) in [5, 5.41) is 11.0. The Morgan fingerprint density at radius 3 is 2.80 bits per heavy atom. The smallest absolute Gasteiger partial charge is 0.230 e. The summed E-state index contributed by atoms with van der Waals surface area (Å²) in [5.41, 5.74) is 1.21. The van der Waals surface area contributed by atoms with Crippen molar-refractivity contribution in [2.45, 2.75) is 19.9 Å². The molecular formula is C14H17N3O3. The van der Waals surface area contributed by atoms with Crippen molar-refractivity contribution in [3.8, 4) is 11.5 Å². The maximum absolute atomic E-state index is 5.56. The summed E-state index contributed by atoms with van der Waals surface area (Å²) in [7, 11) is 0. The molecule has 6 nitrogen and oxygen atoms in total. The Morgan fingerprint density at radius 2 is 2.00 bits per heavy atom. The van der Waals surface area contributed by atoms with Crippen molar-refractivity contribution in [1.29, 1.82) is 0 Å². The van der Waals surface area contributed by atoms with Gasteiger partial charge in [0.25, 0.3) is 0 Å². The van der Waals surface area contributed by atoms with E-state index in [0.29, 0.717) is 31.5 Å². The fourth-order valence-corrected chi connectivity index (χ4v) is 2.08. The van der Waals surface area contributed by atoms with Crippen LogP contribution >= 0.6 is 0 Å². The van der Waals surface area contributed by atoms with Gasteiger partial charge in [0.15, 0.2) is 11.5 Å². The van der Waals surface area contributed by atoms with E-state index < -0.39 is 0 Å². The minimum absolute atomic E-state index is 0.589. The van der Waals surface area contributed by atoms with Gasteiger partial charge in [0.2, 0.25) is 11.8 Å². The van der Waals surface area contributed by atoms with Crippen LogP contribution in [-0.4, -0.2) is 30.0 Å². The zero-order valence-electron chi connectivity index (χ0n) is 11.4. The fourth-order valence-electron chi connectivity index (χ4n) is 2.08. The van der Waals surface area contributed by atoms with Crippen LogP contribution in [0, 0.1) is 6.92 Å². The van der Waals surface area contributed by atoms with Crippen LogP contribution in [0.2, 0.25) is 0 Å². The Morgan fingerprint density at radius 1 is 1.15 bits per heavy atom. The van der Waals surface area contributed by atoms with E-state index >= 15 is 0 Å². The molecule has 0 radical (unpaired) electrons. The van der Waals surface area contributed by atoms with Gasteiger partial charge in [0.05, 0.1) is 6.54 Å². The van der Waals surface area contributed by atoms with Gasteiger partial charge in [0, 0.05) is 6.92 Å². The molecule has 106 valence electrons. The monoisotopic (exact) mass is 275 g/mol. The van der Waals surface area contributed by atoms with Gasteiger partial charge in [-0.15, -0.1) is 10.2 Å². The van der Waals surface area contributed by atoms with Crippen molar-refractivity contribution in [3.05, 3.63) is 35.5 Å². The largest absolute Gasteiger partial charge is 0.486 e. The molecule has 1 aromatic heterocycles. The number of ether oxygens (including phenoxy) is 2. The number of benzene rings is 1. The third kappa shape index (κ3) is 3.08. The molecule has 2 heterocycles. The molecule has 0 atom stereocenters. The van der Waals surface area contributed by atoms with E-state index in [-0.39, 0.29) is 0 Å². The topological polar surface area (TPSA) is 69.4 Å². The second-order valence-electron chi connectivity index (χ2n) is 4.62. The zero-order chi connectivity index (χ0) is 13.8. The zero-order valence-corrected chi connectivity index (χ0v) is 11.4. The van der Waals surface area contributed by atoms with Crippen LogP contribution in [-0.2, 0) is 13.0 Å². The summed E-state index contributed by atoms with van der Waals surface area (Å²) in [6.45, 7) is 4.45. The lowest BCUT2D eigenvalue weighted by Crippen LogP contribution is -2.18. The van der Waals surface area contributed by atoms with Crippen molar-refractivity contribution >= 4 is 0 Å². The maximum Gasteiger partial charge on any atom is 0.230 e. The van der Waals surface area contributed by atoms with Crippen LogP contribution in [0.1, 0.15) is 17.3 Å². The summed E-state index contributed by atoms with van der Waals surface area (Å²) < 4.78 is 16.3. The number of nitrogens with zero attached hydrogens (tertiary/aromatic N) is 2. The first kappa shape index (κ1) is 12.9. The SMILES string of the molecule is Cc1nnc(CNCCc2ccc3c(c2)OCCO3)o1. The molecule has 1 aromatic carbocycles. The predicted octanol–water partition coefficient (Wildman–Crippen LogP) is 1.48. The Balaban J connectivity index is 1.48. The first-order chi connectivity index (χ1) is 9.81. The molecule has 0 saturated heterocycles. The van der Waals surface area contributed by atoms with Crippen molar-refractivity contribution in [2.75, 3.05) is 19.8 Å². The van der Waals surface area contributed by atoms with Crippen molar-refractivity contribution < 1.29 is 13.9 Å². The van der Waals surface area contributed by atoms with Gasteiger partial charge in [-0.05, 0) is 30.7 Å². The van der Waals surface area contributed by atoms with E-state index in [1.54, 1.807) is 6.92 Å². The van der Waals surface area contributed by atoms with Crippen LogP contribution in [0.3, 0.4) is 0 Å². The summed E-state index contributed by atoms with van der Waals surface area (Å²) in [6.07, 6.45) is 0.907. The normalized spacial score (nSPS) is 13.4. The van der Waals surface area contributed by atoms with Gasteiger partial charge in [-0.25, -0.2) is 0 Å². The number of aryl methyl sites for hydroxylation is 1. The highest BCUT2D eigenvalue weighted by Gasteiger charge is 2.11. The molecule has 0 unspecified atom stereocenters. The summed E-state index contributed by atoms with van der Waals surface area (Å²) in [4.78, 5) is 0. The van der Waals surface area contributed by atoms with Crippen molar-refractivity contribution in [3.63, 3.8) is 0 Å². The average Bonchev–Trinajstić information content (AvgIpc) is 2.89. The fraction of sp³-hybridized carbons (Fsp3) is 0.429. The molecule has 0 saturated carbocycles. The first-order valence-corrected chi connectivity index (χ1v) is 6.69. The van der Waals surface area contributed by atoms with Gasteiger partial charge < -0.3 is 19.2 Å². The van der Waals surface area contributed by atoms with Crippen LogP contribution in [0.4, 0.5) is 0 Å². The third-order valence-electron chi connectivity index (χ3n) is 3.04. The van der Waals surface area contributed by atoms with Gasteiger partial charge in [0.1, 0.15) is 13.2 Å². The number of aromatic nitrogens is 2. The Kier molecular flexibility index (Phi) is 3.83. The van der Waals surface area contributed by atoms with Gasteiger partial charge in [-0.3, -0.25) is 0 Å². The summed E-state index contributed by atoms with van der Waals surface area (Å²) in [5.74, 6) is 2.87. The molecule has 0 aliphatic carbocycles. The lowest BCUT2D eigenvalue weighted by atomic mass is 10.1. The highest BCUT2D eigenvalue weighted by molar-refractivity contribution is 5.43. The van der Waals surface area contributed by atoms with Crippen LogP contribution in [0.15, 0.2) is 22.6 Å². The van der Waals surface area contributed by atoms with Crippen LogP contribution in [0.5, 0.6) is 11.5 Å². The second kappa shape index (κ2) is 5.92. The number of rotatable bonds is 5. The number of hydrogen-bond donors (Lipinski definition) is 1.